The van der Waals surface area contributed by atoms with Crippen LogP contribution in [0.3, 0.4) is 0 Å². The Morgan fingerprint density at radius 3 is 1.93 bits per heavy atom. The second kappa shape index (κ2) is 13.7. The first-order valence-electron chi connectivity index (χ1n) is 25.7. The Labute approximate surface area is 418 Å². The summed E-state index contributed by atoms with van der Waals surface area (Å²) >= 11 is 1.93. The third kappa shape index (κ3) is 5.69. The summed E-state index contributed by atoms with van der Waals surface area (Å²) in [6, 6.07) is 52.7. The number of thiophene rings is 1. The summed E-state index contributed by atoms with van der Waals surface area (Å²) < 4.78 is 5.37. The van der Waals surface area contributed by atoms with E-state index in [-0.39, 0.29) is 27.1 Å². The van der Waals surface area contributed by atoms with Crippen molar-refractivity contribution in [3.8, 4) is 39.1 Å². The maximum absolute atomic E-state index is 4.09. The van der Waals surface area contributed by atoms with Gasteiger partial charge in [0, 0.05) is 69.9 Å². The normalized spacial score (nSPS) is 17.2. The molecule has 0 radical (unpaired) electrons. The molecule has 0 saturated heterocycles. The molecule has 3 aliphatic carbocycles. The molecule has 14 rings (SSSR count). The maximum Gasteiger partial charge on any atom is 0.198 e. The van der Waals surface area contributed by atoms with Gasteiger partial charge in [-0.1, -0.05) is 154 Å². The lowest BCUT2D eigenvalue weighted by atomic mass is 9.59. The molecule has 1 aliphatic heterocycles. The topological polar surface area (TPSA) is 17.0 Å². The molecule has 70 heavy (non-hydrogen) atoms. The Balaban J connectivity index is 1.06. The number of anilines is 2. The summed E-state index contributed by atoms with van der Waals surface area (Å²) in [5.74, 6) is 0. The third-order valence-electron chi connectivity index (χ3n) is 18.0. The van der Waals surface area contributed by atoms with Gasteiger partial charge in [0.2, 0.25) is 0 Å². The average Bonchev–Trinajstić information content (AvgIpc) is 3.99. The van der Waals surface area contributed by atoms with Gasteiger partial charge in [-0.3, -0.25) is 0 Å². The van der Waals surface area contributed by atoms with Crippen LogP contribution >= 0.6 is 11.3 Å². The van der Waals surface area contributed by atoms with Gasteiger partial charge < -0.3 is 9.88 Å². The second-order valence-electron chi connectivity index (χ2n) is 24.9. The van der Waals surface area contributed by atoms with Crippen molar-refractivity contribution in [3.05, 3.63) is 172 Å². The van der Waals surface area contributed by atoms with E-state index in [0.717, 1.165) is 18.7 Å². The molecular formula is C66H61BN2S. The van der Waals surface area contributed by atoms with Gasteiger partial charge in [0.1, 0.15) is 0 Å². The van der Waals surface area contributed by atoms with Gasteiger partial charge in [-0.2, -0.15) is 0 Å². The third-order valence-corrected chi connectivity index (χ3v) is 19.2. The predicted octanol–water partition coefficient (Wildman–Crippen LogP) is 16.5. The zero-order valence-corrected chi connectivity index (χ0v) is 43.5. The van der Waals surface area contributed by atoms with Crippen LogP contribution in [0.2, 0.25) is 0 Å². The largest absolute Gasteiger partial charge is 0.355 e. The van der Waals surface area contributed by atoms with E-state index in [1.54, 1.807) is 0 Å². The van der Waals surface area contributed by atoms with Crippen LogP contribution in [0, 0.1) is 0 Å². The summed E-state index contributed by atoms with van der Waals surface area (Å²) in [4.78, 5) is 0. The molecular weight excluding hydrogens is 864 g/mol. The predicted molar refractivity (Wildman–Crippen MR) is 304 cm³/mol. The molecule has 8 aromatic carbocycles. The lowest BCUT2D eigenvalue weighted by Crippen LogP contribution is -2.37. The molecule has 2 nitrogen and oxygen atoms in total. The summed E-state index contributed by atoms with van der Waals surface area (Å²) in [6.45, 7) is 26.5. The Hall–Kier alpha value is -6.36. The number of aromatic nitrogens is 1. The van der Waals surface area contributed by atoms with Crippen LogP contribution in [0.25, 0.3) is 81.0 Å². The molecule has 3 heterocycles. The van der Waals surface area contributed by atoms with Gasteiger partial charge in [0.15, 0.2) is 7.28 Å². The molecule has 0 saturated carbocycles. The van der Waals surface area contributed by atoms with Crippen molar-refractivity contribution in [2.75, 3.05) is 5.32 Å². The lowest BCUT2D eigenvalue weighted by Gasteiger charge is -2.42. The minimum Gasteiger partial charge on any atom is -0.355 e. The highest BCUT2D eigenvalue weighted by molar-refractivity contribution is 7.26. The summed E-state index contributed by atoms with van der Waals surface area (Å²) in [5.41, 5.74) is 27.2. The fourth-order valence-electron chi connectivity index (χ4n) is 13.8. The number of benzene rings is 8. The summed E-state index contributed by atoms with van der Waals surface area (Å²) in [6.07, 6.45) is 2.41. The van der Waals surface area contributed by atoms with Crippen molar-refractivity contribution >= 4 is 82.9 Å². The van der Waals surface area contributed by atoms with E-state index in [2.05, 4.69) is 220 Å². The van der Waals surface area contributed by atoms with Gasteiger partial charge in [-0.25, -0.2) is 0 Å². The fraction of sp³-hybridized carbons (Fsp3) is 0.273. The SMILES string of the molecule is CC(C)(C)c1ccc(Nc2cc3c(cc2-c2ccc4c5cc6c(cc5n5c4c2Bc2cc4sc7ccccc7c4cc2-5)-c2ccccc2C6(C)C)-c2cc4c(cc2C3(C)C)C(C)(C)CCC4(C)C)cc1. The van der Waals surface area contributed by atoms with Crippen molar-refractivity contribution < 1.29 is 0 Å². The number of nitrogens with one attached hydrogen (secondary N) is 1. The molecule has 10 aromatic rings. The Morgan fingerprint density at radius 2 is 1.16 bits per heavy atom. The van der Waals surface area contributed by atoms with E-state index in [9.17, 15) is 0 Å². The highest BCUT2D eigenvalue weighted by Crippen LogP contribution is 2.57. The van der Waals surface area contributed by atoms with Gasteiger partial charge >= 0.3 is 0 Å². The Kier molecular flexibility index (Phi) is 8.34. The molecule has 0 unspecified atom stereocenters. The zero-order valence-electron chi connectivity index (χ0n) is 42.7. The molecule has 2 aromatic heterocycles. The van der Waals surface area contributed by atoms with E-state index >= 15 is 0 Å². The molecule has 0 bridgehead atoms. The molecule has 1 N–H and O–H groups in total. The van der Waals surface area contributed by atoms with Crippen molar-refractivity contribution in [1.82, 2.24) is 4.57 Å². The number of hydrogen-bond acceptors (Lipinski definition) is 2. The van der Waals surface area contributed by atoms with Crippen molar-refractivity contribution in [2.45, 2.75) is 116 Å². The Bertz CT molecular complexity index is 3970. The van der Waals surface area contributed by atoms with Crippen molar-refractivity contribution in [1.29, 1.82) is 0 Å². The van der Waals surface area contributed by atoms with E-state index in [4.69, 9.17) is 0 Å². The quantitative estimate of drug-likeness (QED) is 0.175. The zero-order chi connectivity index (χ0) is 48.2. The monoisotopic (exact) mass is 924 g/mol. The van der Waals surface area contributed by atoms with Gasteiger partial charge in [-0.15, -0.1) is 11.3 Å². The van der Waals surface area contributed by atoms with Crippen molar-refractivity contribution in [3.63, 3.8) is 0 Å². The molecule has 4 heteroatoms. The van der Waals surface area contributed by atoms with Crippen LogP contribution in [0.15, 0.2) is 133 Å². The van der Waals surface area contributed by atoms with Crippen LogP contribution in [0.5, 0.6) is 0 Å². The highest BCUT2D eigenvalue weighted by atomic mass is 32.1. The fourth-order valence-corrected chi connectivity index (χ4v) is 14.9. The number of hydrogen-bond donors (Lipinski definition) is 1. The van der Waals surface area contributed by atoms with Crippen LogP contribution in [0.4, 0.5) is 11.4 Å². The molecule has 344 valence electrons. The average molecular weight is 925 g/mol. The summed E-state index contributed by atoms with van der Waals surface area (Å²) in [5, 5.41) is 9.44. The van der Waals surface area contributed by atoms with Crippen LogP contribution < -0.4 is 16.2 Å². The Morgan fingerprint density at radius 1 is 0.500 bits per heavy atom. The molecule has 0 spiro atoms. The smallest absolute Gasteiger partial charge is 0.198 e. The lowest BCUT2D eigenvalue weighted by molar-refractivity contribution is 0.331. The molecule has 0 amide bonds. The van der Waals surface area contributed by atoms with Gasteiger partial charge in [-0.05, 0) is 162 Å². The van der Waals surface area contributed by atoms with Crippen LogP contribution in [-0.4, -0.2) is 11.8 Å². The first-order valence-corrected chi connectivity index (χ1v) is 26.6. The van der Waals surface area contributed by atoms with E-state index < -0.39 is 0 Å². The second-order valence-corrected chi connectivity index (χ2v) is 26.0. The maximum atomic E-state index is 4.09. The minimum absolute atomic E-state index is 0.0723. The number of nitrogens with zero attached hydrogens (tertiary/aromatic N) is 1. The van der Waals surface area contributed by atoms with Gasteiger partial charge in [0.05, 0.1) is 5.52 Å². The van der Waals surface area contributed by atoms with E-state index in [1.807, 2.05) is 11.3 Å². The standard InChI is InChI=1S/C66H61BN2S/c1-62(2,3)36-20-22-37(23-21-36)68-55-34-51-42(43-29-52-53(33-50(43)66(51,10)11)64(6,7)27-26-63(52,4)5)28-45(55)40-24-25-41-46-30-49-44(38-16-12-14-18-48(38)65(49,8)9)31-56(46)69-57-32-47-39-17-13-15-19-58(39)70-59(47)35-54(57)67-60(40)61(41)69/h12-25,28-35,67-68H,26-27H2,1-11H3. The number of fused-ring (bicyclic) bond motifs is 15. The van der Waals surface area contributed by atoms with Crippen LogP contribution in [0.1, 0.15) is 128 Å². The molecule has 0 fully saturated rings. The first-order chi connectivity index (χ1) is 33.3. The van der Waals surface area contributed by atoms with Crippen LogP contribution in [-0.2, 0) is 27.1 Å². The van der Waals surface area contributed by atoms with Gasteiger partial charge in [0.25, 0.3) is 0 Å². The first kappa shape index (κ1) is 42.5. The minimum atomic E-state index is -0.172. The van der Waals surface area contributed by atoms with E-state index in [1.165, 1.54) is 144 Å². The number of rotatable bonds is 3. The van der Waals surface area contributed by atoms with E-state index in [0.29, 0.717) is 0 Å². The summed E-state index contributed by atoms with van der Waals surface area (Å²) in [7, 11) is 0.853. The van der Waals surface area contributed by atoms with Crippen molar-refractivity contribution in [2.24, 2.45) is 0 Å². The highest BCUT2D eigenvalue weighted by Gasteiger charge is 2.44. The molecule has 4 aliphatic rings. The molecule has 0 atom stereocenters.